The van der Waals surface area contributed by atoms with Crippen LogP contribution in [0.2, 0.25) is 0 Å². The van der Waals surface area contributed by atoms with Crippen LogP contribution in [0.5, 0.6) is 0 Å². The van der Waals surface area contributed by atoms with E-state index < -0.39 is 0 Å². The van der Waals surface area contributed by atoms with Gasteiger partial charge in [0.05, 0.1) is 41.3 Å². The Bertz CT molecular complexity index is 619. The van der Waals surface area contributed by atoms with Crippen LogP contribution in [0, 0.1) is 13.8 Å². The Hall–Kier alpha value is -1.18. The van der Waals surface area contributed by atoms with Crippen LogP contribution >= 0.6 is 15.9 Å². The topological polar surface area (TPSA) is 70.9 Å². The molecule has 1 unspecified atom stereocenters. The Morgan fingerprint density at radius 2 is 2.14 bits per heavy atom. The molecular formula is C14H22BrN5O. The predicted molar refractivity (Wildman–Crippen MR) is 85.1 cm³/mol. The highest BCUT2D eigenvalue weighted by molar-refractivity contribution is 9.10. The molecule has 0 aromatic carbocycles. The molecule has 0 saturated heterocycles. The molecule has 116 valence electrons. The van der Waals surface area contributed by atoms with Crippen molar-refractivity contribution in [2.24, 2.45) is 12.8 Å². The standard InChI is InChI=1S/C14H22BrN5O/c1-9-11(10(2)19(3)18-9)7-13(16)14-12(15)8-17-20(14)5-6-21-4/h8,13H,5-7,16H2,1-4H3. The molecule has 21 heavy (non-hydrogen) atoms. The molecule has 0 bridgehead atoms. The number of halogens is 1. The van der Waals surface area contributed by atoms with Gasteiger partial charge in [-0.2, -0.15) is 10.2 Å². The van der Waals surface area contributed by atoms with Crippen LogP contribution in [0.1, 0.15) is 28.7 Å². The third-order valence-electron chi connectivity index (χ3n) is 3.77. The summed E-state index contributed by atoms with van der Waals surface area (Å²) in [7, 11) is 3.64. The van der Waals surface area contributed by atoms with Crippen molar-refractivity contribution in [1.29, 1.82) is 0 Å². The van der Waals surface area contributed by atoms with Gasteiger partial charge in [0.1, 0.15) is 0 Å². The van der Waals surface area contributed by atoms with Crippen LogP contribution < -0.4 is 5.73 Å². The molecule has 0 aliphatic rings. The average molecular weight is 356 g/mol. The minimum atomic E-state index is -0.139. The minimum absolute atomic E-state index is 0.139. The van der Waals surface area contributed by atoms with Crippen molar-refractivity contribution >= 4 is 15.9 Å². The maximum absolute atomic E-state index is 6.42. The fourth-order valence-electron chi connectivity index (χ4n) is 2.53. The minimum Gasteiger partial charge on any atom is -0.383 e. The molecule has 6 nitrogen and oxygen atoms in total. The monoisotopic (exact) mass is 355 g/mol. The van der Waals surface area contributed by atoms with Crippen molar-refractivity contribution in [2.75, 3.05) is 13.7 Å². The molecule has 0 amide bonds. The van der Waals surface area contributed by atoms with Crippen LogP contribution in [0.15, 0.2) is 10.7 Å². The van der Waals surface area contributed by atoms with E-state index in [4.69, 9.17) is 10.5 Å². The first-order valence-corrected chi connectivity index (χ1v) is 7.69. The van der Waals surface area contributed by atoms with Crippen molar-refractivity contribution in [1.82, 2.24) is 19.6 Å². The summed E-state index contributed by atoms with van der Waals surface area (Å²) >= 11 is 3.54. The summed E-state index contributed by atoms with van der Waals surface area (Å²) in [4.78, 5) is 0. The first-order valence-electron chi connectivity index (χ1n) is 6.90. The molecular weight excluding hydrogens is 334 g/mol. The summed E-state index contributed by atoms with van der Waals surface area (Å²) in [5.74, 6) is 0. The van der Waals surface area contributed by atoms with Gasteiger partial charge in [0, 0.05) is 19.9 Å². The number of ether oxygens (including phenoxy) is 1. The average Bonchev–Trinajstić information content (AvgIpc) is 2.91. The molecule has 2 heterocycles. The van der Waals surface area contributed by atoms with Crippen LogP contribution in [0.4, 0.5) is 0 Å². The van der Waals surface area contributed by atoms with Gasteiger partial charge in [0.25, 0.3) is 0 Å². The molecule has 2 aromatic rings. The zero-order chi connectivity index (χ0) is 15.6. The summed E-state index contributed by atoms with van der Waals surface area (Å²) in [6.45, 7) is 5.39. The SMILES string of the molecule is COCCn1ncc(Br)c1C(N)Cc1c(C)nn(C)c1C. The summed E-state index contributed by atoms with van der Waals surface area (Å²) in [5.41, 5.74) is 10.8. The van der Waals surface area contributed by atoms with Crippen molar-refractivity contribution in [2.45, 2.75) is 32.9 Å². The Balaban J connectivity index is 2.24. The maximum atomic E-state index is 6.42. The quantitative estimate of drug-likeness (QED) is 0.858. The maximum Gasteiger partial charge on any atom is 0.0697 e. The lowest BCUT2D eigenvalue weighted by molar-refractivity contribution is 0.182. The molecule has 7 heteroatoms. The zero-order valence-corrected chi connectivity index (χ0v) is 14.5. The predicted octanol–water partition coefficient (Wildman–Crippen LogP) is 1.88. The fourth-order valence-corrected chi connectivity index (χ4v) is 3.12. The number of aromatic nitrogens is 4. The molecule has 0 aliphatic heterocycles. The lowest BCUT2D eigenvalue weighted by Crippen LogP contribution is -2.21. The normalized spacial score (nSPS) is 12.9. The molecule has 2 N–H and O–H groups in total. The Morgan fingerprint density at radius 3 is 2.71 bits per heavy atom. The van der Waals surface area contributed by atoms with E-state index in [2.05, 4.69) is 33.1 Å². The van der Waals surface area contributed by atoms with E-state index in [0.717, 1.165) is 28.0 Å². The highest BCUT2D eigenvalue weighted by Crippen LogP contribution is 2.26. The lowest BCUT2D eigenvalue weighted by atomic mass is 10.0. The van der Waals surface area contributed by atoms with E-state index in [0.29, 0.717) is 13.2 Å². The third-order valence-corrected chi connectivity index (χ3v) is 4.39. The van der Waals surface area contributed by atoms with Gasteiger partial charge < -0.3 is 10.5 Å². The second-order valence-electron chi connectivity index (χ2n) is 5.18. The van der Waals surface area contributed by atoms with E-state index in [1.54, 1.807) is 13.3 Å². The molecule has 2 aromatic heterocycles. The van der Waals surface area contributed by atoms with Crippen molar-refractivity contribution < 1.29 is 4.74 Å². The van der Waals surface area contributed by atoms with Crippen molar-refractivity contribution in [3.05, 3.63) is 33.3 Å². The van der Waals surface area contributed by atoms with Crippen LogP contribution in [-0.2, 0) is 24.8 Å². The molecule has 0 fully saturated rings. The smallest absolute Gasteiger partial charge is 0.0697 e. The van der Waals surface area contributed by atoms with Crippen LogP contribution in [-0.4, -0.2) is 33.3 Å². The first kappa shape index (κ1) is 16.2. The Labute approximate surface area is 133 Å². The number of methoxy groups -OCH3 is 1. The van der Waals surface area contributed by atoms with E-state index in [1.807, 2.05) is 23.3 Å². The van der Waals surface area contributed by atoms with Crippen molar-refractivity contribution in [3.63, 3.8) is 0 Å². The van der Waals surface area contributed by atoms with Gasteiger partial charge in [0.15, 0.2) is 0 Å². The largest absolute Gasteiger partial charge is 0.383 e. The van der Waals surface area contributed by atoms with Crippen molar-refractivity contribution in [3.8, 4) is 0 Å². The summed E-state index contributed by atoms with van der Waals surface area (Å²) < 4.78 is 9.85. The lowest BCUT2D eigenvalue weighted by Gasteiger charge is -2.15. The Kier molecular flexibility index (Phi) is 5.18. The second-order valence-corrected chi connectivity index (χ2v) is 6.03. The highest BCUT2D eigenvalue weighted by Gasteiger charge is 2.20. The number of nitrogens with two attached hydrogens (primary N) is 1. The molecule has 0 radical (unpaired) electrons. The third kappa shape index (κ3) is 3.36. The van der Waals surface area contributed by atoms with Gasteiger partial charge in [0.2, 0.25) is 0 Å². The van der Waals surface area contributed by atoms with Crippen LogP contribution in [0.25, 0.3) is 0 Å². The van der Waals surface area contributed by atoms with Gasteiger partial charge in [-0.25, -0.2) is 0 Å². The summed E-state index contributed by atoms with van der Waals surface area (Å²) in [6, 6.07) is -0.139. The van der Waals surface area contributed by atoms with E-state index in [-0.39, 0.29) is 6.04 Å². The van der Waals surface area contributed by atoms with Gasteiger partial charge >= 0.3 is 0 Å². The molecule has 0 saturated carbocycles. The van der Waals surface area contributed by atoms with E-state index >= 15 is 0 Å². The molecule has 2 rings (SSSR count). The molecule has 0 aliphatic carbocycles. The van der Waals surface area contributed by atoms with Gasteiger partial charge in [-0.3, -0.25) is 9.36 Å². The van der Waals surface area contributed by atoms with Gasteiger partial charge in [-0.15, -0.1) is 0 Å². The number of rotatable bonds is 6. The van der Waals surface area contributed by atoms with Crippen LogP contribution in [0.3, 0.4) is 0 Å². The Morgan fingerprint density at radius 1 is 1.43 bits per heavy atom. The van der Waals surface area contributed by atoms with Gasteiger partial charge in [-0.05, 0) is 41.8 Å². The number of nitrogens with zero attached hydrogens (tertiary/aromatic N) is 4. The summed E-state index contributed by atoms with van der Waals surface area (Å²) in [6.07, 6.45) is 2.52. The number of hydrogen-bond donors (Lipinski definition) is 1. The zero-order valence-electron chi connectivity index (χ0n) is 12.9. The van der Waals surface area contributed by atoms with E-state index in [1.165, 1.54) is 5.56 Å². The highest BCUT2D eigenvalue weighted by atomic mass is 79.9. The first-order chi connectivity index (χ1) is 9.95. The molecule has 0 spiro atoms. The number of aryl methyl sites for hydroxylation is 2. The van der Waals surface area contributed by atoms with E-state index in [9.17, 15) is 0 Å². The van der Waals surface area contributed by atoms with Gasteiger partial charge in [-0.1, -0.05) is 0 Å². The second kappa shape index (κ2) is 6.72. The molecule has 1 atom stereocenters. The fraction of sp³-hybridized carbons (Fsp3) is 0.571. The number of hydrogen-bond acceptors (Lipinski definition) is 4. The summed E-state index contributed by atoms with van der Waals surface area (Å²) in [5, 5.41) is 8.80.